The Hall–Kier alpha value is -2.45. The third-order valence-corrected chi connectivity index (χ3v) is 4.83. The van der Waals surface area contributed by atoms with Gasteiger partial charge >= 0.3 is 5.91 Å². The summed E-state index contributed by atoms with van der Waals surface area (Å²) in [5, 5.41) is 4.78. The third-order valence-electron chi connectivity index (χ3n) is 3.81. The van der Waals surface area contributed by atoms with E-state index >= 15 is 0 Å². The van der Waals surface area contributed by atoms with E-state index < -0.39 is 5.91 Å². The summed E-state index contributed by atoms with van der Waals surface area (Å²) >= 11 is 22.9. The van der Waals surface area contributed by atoms with Crippen LogP contribution in [0.15, 0.2) is 59.0 Å². The molecule has 10 heteroatoms. The first-order chi connectivity index (χ1) is 14.4. The number of halogens is 3. The molecule has 0 saturated carbocycles. The van der Waals surface area contributed by atoms with Crippen molar-refractivity contribution in [3.63, 3.8) is 0 Å². The number of hydrazine groups is 1. The Balaban J connectivity index is 1.44. The molecule has 0 unspecified atom stereocenters. The van der Waals surface area contributed by atoms with Crippen LogP contribution in [0.2, 0.25) is 15.1 Å². The van der Waals surface area contributed by atoms with Gasteiger partial charge in [-0.3, -0.25) is 15.6 Å². The van der Waals surface area contributed by atoms with Crippen LogP contribution in [-0.2, 0) is 13.2 Å². The fraction of sp³-hybridized carbons (Fsp3) is 0.100. The average Bonchev–Trinajstić information content (AvgIpc) is 3.20. The minimum atomic E-state index is -0.485. The molecule has 0 aliphatic heterocycles. The zero-order valence-electron chi connectivity index (χ0n) is 15.4. The lowest BCUT2D eigenvalue weighted by Gasteiger charge is -2.11. The van der Waals surface area contributed by atoms with Crippen LogP contribution in [0, 0.1) is 0 Å². The van der Waals surface area contributed by atoms with Crippen LogP contribution in [0.4, 0.5) is 0 Å². The fourth-order valence-corrected chi connectivity index (χ4v) is 3.03. The average molecular weight is 485 g/mol. The molecule has 3 aromatic rings. The summed E-state index contributed by atoms with van der Waals surface area (Å²) in [6, 6.07) is 15.4. The van der Waals surface area contributed by atoms with Crippen LogP contribution in [0.5, 0.6) is 5.75 Å². The summed E-state index contributed by atoms with van der Waals surface area (Å²) < 4.78 is 11.1. The Labute approximate surface area is 193 Å². The van der Waals surface area contributed by atoms with Gasteiger partial charge < -0.3 is 14.5 Å². The highest BCUT2D eigenvalue weighted by Crippen LogP contribution is 2.28. The predicted octanol–water partition coefficient (Wildman–Crippen LogP) is 5.13. The lowest BCUT2D eigenvalue weighted by molar-refractivity contribution is 0.0911. The van der Waals surface area contributed by atoms with Crippen LogP contribution < -0.4 is 20.9 Å². The van der Waals surface area contributed by atoms with Crippen LogP contribution in [0.3, 0.4) is 0 Å². The van der Waals surface area contributed by atoms with Gasteiger partial charge in [0.05, 0.1) is 5.02 Å². The summed E-state index contributed by atoms with van der Waals surface area (Å²) in [5.41, 5.74) is 6.07. The maximum Gasteiger partial charge on any atom is 0.305 e. The first kappa shape index (κ1) is 22.2. The van der Waals surface area contributed by atoms with Crippen molar-refractivity contribution in [3.8, 4) is 5.75 Å². The highest BCUT2D eigenvalue weighted by Gasteiger charge is 2.12. The van der Waals surface area contributed by atoms with E-state index in [-0.39, 0.29) is 17.5 Å². The molecule has 2 aromatic carbocycles. The smallest absolute Gasteiger partial charge is 0.305 e. The Kier molecular flexibility index (Phi) is 7.81. The fourth-order valence-electron chi connectivity index (χ4n) is 2.32. The van der Waals surface area contributed by atoms with Gasteiger partial charge in [0.15, 0.2) is 10.9 Å². The second-order valence-corrected chi connectivity index (χ2v) is 7.71. The molecular weight excluding hydrogens is 469 g/mol. The summed E-state index contributed by atoms with van der Waals surface area (Å²) in [6.07, 6.45) is 0. The van der Waals surface area contributed by atoms with Gasteiger partial charge in [-0.1, -0.05) is 46.9 Å². The Bertz CT molecular complexity index is 1040. The van der Waals surface area contributed by atoms with Gasteiger partial charge in [0, 0.05) is 16.6 Å². The quantitative estimate of drug-likeness (QED) is 0.333. The Morgan fingerprint density at radius 3 is 2.43 bits per heavy atom. The number of hydrogen-bond donors (Lipinski definition) is 3. The number of furan rings is 1. The summed E-state index contributed by atoms with van der Waals surface area (Å²) in [4.78, 5) is 12.2. The van der Waals surface area contributed by atoms with E-state index in [1.54, 1.807) is 36.4 Å². The van der Waals surface area contributed by atoms with E-state index in [0.717, 1.165) is 5.56 Å². The van der Waals surface area contributed by atoms with Crippen LogP contribution >= 0.6 is 47.0 Å². The molecule has 0 saturated heterocycles. The predicted molar refractivity (Wildman–Crippen MR) is 121 cm³/mol. The summed E-state index contributed by atoms with van der Waals surface area (Å²) in [6.45, 7) is 0.581. The van der Waals surface area contributed by atoms with Crippen LogP contribution in [0.25, 0.3) is 0 Å². The number of hydrogen-bond acceptors (Lipinski definition) is 4. The number of benzene rings is 2. The molecule has 0 aliphatic carbocycles. The molecule has 3 N–H and O–H groups in total. The van der Waals surface area contributed by atoms with Gasteiger partial charge in [-0.25, -0.2) is 0 Å². The van der Waals surface area contributed by atoms with Crippen molar-refractivity contribution in [2.24, 2.45) is 0 Å². The largest absolute Gasteiger partial charge is 0.484 e. The van der Waals surface area contributed by atoms with Gasteiger partial charge in [-0.2, -0.15) is 0 Å². The number of thiocarbonyl (C=S) groups is 1. The van der Waals surface area contributed by atoms with Crippen molar-refractivity contribution < 1.29 is 13.9 Å². The first-order valence-electron chi connectivity index (χ1n) is 8.66. The molecule has 0 atom stereocenters. The van der Waals surface area contributed by atoms with E-state index in [0.29, 0.717) is 33.1 Å². The molecule has 0 radical (unpaired) electrons. The van der Waals surface area contributed by atoms with Gasteiger partial charge in [0.2, 0.25) is 0 Å². The normalized spacial score (nSPS) is 10.4. The number of carbonyl (C=O) groups is 1. The highest BCUT2D eigenvalue weighted by molar-refractivity contribution is 7.80. The van der Waals surface area contributed by atoms with Crippen molar-refractivity contribution >= 4 is 58.0 Å². The van der Waals surface area contributed by atoms with Crippen LogP contribution in [0.1, 0.15) is 21.9 Å². The minimum Gasteiger partial charge on any atom is -0.484 e. The molecule has 0 bridgehead atoms. The topological polar surface area (TPSA) is 75.5 Å². The maximum atomic E-state index is 12.2. The van der Waals surface area contributed by atoms with Crippen LogP contribution in [-0.4, -0.2) is 11.0 Å². The number of carbonyl (C=O) groups excluding carboxylic acids is 1. The minimum absolute atomic E-state index is 0.100. The molecule has 0 fully saturated rings. The lowest BCUT2D eigenvalue weighted by Crippen LogP contribution is -2.46. The lowest BCUT2D eigenvalue weighted by atomic mass is 10.2. The van der Waals surface area contributed by atoms with Crippen molar-refractivity contribution in [2.45, 2.75) is 13.2 Å². The van der Waals surface area contributed by atoms with E-state index in [1.165, 1.54) is 6.07 Å². The van der Waals surface area contributed by atoms with Gasteiger partial charge in [-0.15, -0.1) is 0 Å². The standard InChI is InChI=1S/C20H16Cl3N3O3S/c21-13-3-1-12(2-4-13)10-24-20(30)26-25-19(27)18-8-6-15(29-18)11-28-17-7-5-14(22)9-16(17)23/h1-9H,10-11H2,(H,25,27)(H2,24,26,30). The molecule has 1 amide bonds. The van der Waals surface area contributed by atoms with Crippen molar-refractivity contribution in [1.29, 1.82) is 0 Å². The Morgan fingerprint density at radius 2 is 1.70 bits per heavy atom. The monoisotopic (exact) mass is 483 g/mol. The molecule has 30 heavy (non-hydrogen) atoms. The SMILES string of the molecule is O=C(NNC(=S)NCc1ccc(Cl)cc1)c1ccc(COc2ccc(Cl)cc2Cl)o1. The van der Waals surface area contributed by atoms with Crippen molar-refractivity contribution in [1.82, 2.24) is 16.2 Å². The zero-order chi connectivity index (χ0) is 21.5. The second-order valence-electron chi connectivity index (χ2n) is 6.02. The summed E-state index contributed by atoms with van der Waals surface area (Å²) in [5.74, 6) is 0.530. The van der Waals surface area contributed by atoms with E-state index in [1.807, 2.05) is 12.1 Å². The summed E-state index contributed by atoms with van der Waals surface area (Å²) in [7, 11) is 0. The van der Waals surface area contributed by atoms with E-state index in [4.69, 9.17) is 56.2 Å². The van der Waals surface area contributed by atoms with E-state index in [2.05, 4.69) is 16.2 Å². The second kappa shape index (κ2) is 10.5. The van der Waals surface area contributed by atoms with Crippen molar-refractivity contribution in [3.05, 3.63) is 86.7 Å². The van der Waals surface area contributed by atoms with Gasteiger partial charge in [-0.05, 0) is 60.2 Å². The number of nitrogens with one attached hydrogen (secondary N) is 3. The molecule has 1 aromatic heterocycles. The Morgan fingerprint density at radius 1 is 0.967 bits per heavy atom. The highest BCUT2D eigenvalue weighted by atomic mass is 35.5. The first-order valence-corrected chi connectivity index (χ1v) is 10.2. The molecule has 1 heterocycles. The van der Waals surface area contributed by atoms with Gasteiger partial charge in [0.1, 0.15) is 18.1 Å². The number of ether oxygens (including phenoxy) is 1. The number of rotatable bonds is 6. The van der Waals surface area contributed by atoms with Gasteiger partial charge in [0.25, 0.3) is 0 Å². The zero-order valence-corrected chi connectivity index (χ0v) is 18.5. The maximum absolute atomic E-state index is 12.2. The molecule has 0 aliphatic rings. The van der Waals surface area contributed by atoms with E-state index in [9.17, 15) is 4.79 Å². The molecule has 6 nitrogen and oxygen atoms in total. The van der Waals surface area contributed by atoms with Crippen molar-refractivity contribution in [2.75, 3.05) is 0 Å². The third kappa shape index (κ3) is 6.53. The molecular formula is C20H16Cl3N3O3S. The molecule has 3 rings (SSSR count). The molecule has 156 valence electrons. The molecule has 0 spiro atoms. The number of amides is 1.